The SMILES string of the molecule is CN=C(NCCCn1cc(C)cn1)N1CCOC(C2CCCO2)C1. The maximum Gasteiger partial charge on any atom is 0.193 e. The Morgan fingerprint density at radius 2 is 2.25 bits per heavy atom. The van der Waals surface area contributed by atoms with Gasteiger partial charge in [-0.05, 0) is 31.7 Å². The van der Waals surface area contributed by atoms with E-state index in [2.05, 4.69) is 33.4 Å². The highest BCUT2D eigenvalue weighted by Crippen LogP contribution is 2.20. The first kappa shape index (κ1) is 17.2. The van der Waals surface area contributed by atoms with Crippen molar-refractivity contribution >= 4 is 5.96 Å². The van der Waals surface area contributed by atoms with E-state index in [1.54, 1.807) is 0 Å². The number of hydrogen-bond acceptors (Lipinski definition) is 4. The predicted octanol–water partition coefficient (Wildman–Crippen LogP) is 1.04. The van der Waals surface area contributed by atoms with Crippen LogP contribution in [0.4, 0.5) is 0 Å². The summed E-state index contributed by atoms with van der Waals surface area (Å²) in [5.74, 6) is 0.956. The molecule has 0 bridgehead atoms. The maximum absolute atomic E-state index is 5.91. The first-order valence-corrected chi connectivity index (χ1v) is 8.94. The second-order valence-electron chi connectivity index (χ2n) is 6.52. The third-order valence-electron chi connectivity index (χ3n) is 4.59. The number of aryl methyl sites for hydroxylation is 2. The van der Waals surface area contributed by atoms with E-state index < -0.39 is 0 Å². The Kier molecular flexibility index (Phi) is 6.09. The predicted molar refractivity (Wildman–Crippen MR) is 93.2 cm³/mol. The van der Waals surface area contributed by atoms with Crippen LogP contribution < -0.4 is 5.32 Å². The molecule has 7 heteroatoms. The van der Waals surface area contributed by atoms with Crippen molar-refractivity contribution in [3.63, 3.8) is 0 Å². The molecule has 0 radical (unpaired) electrons. The van der Waals surface area contributed by atoms with E-state index in [4.69, 9.17) is 9.47 Å². The van der Waals surface area contributed by atoms with E-state index in [1.807, 2.05) is 17.9 Å². The molecule has 3 rings (SSSR count). The van der Waals surface area contributed by atoms with E-state index in [1.165, 1.54) is 5.56 Å². The van der Waals surface area contributed by atoms with E-state index in [-0.39, 0.29) is 12.2 Å². The van der Waals surface area contributed by atoms with Gasteiger partial charge < -0.3 is 19.7 Å². The summed E-state index contributed by atoms with van der Waals surface area (Å²) in [7, 11) is 1.84. The van der Waals surface area contributed by atoms with Crippen molar-refractivity contribution in [2.24, 2.45) is 4.99 Å². The van der Waals surface area contributed by atoms with Crippen LogP contribution in [-0.4, -0.2) is 72.7 Å². The zero-order chi connectivity index (χ0) is 16.8. The Morgan fingerprint density at radius 3 is 2.96 bits per heavy atom. The van der Waals surface area contributed by atoms with Crippen molar-refractivity contribution in [2.75, 3.05) is 39.9 Å². The van der Waals surface area contributed by atoms with Gasteiger partial charge in [0, 0.05) is 46.0 Å². The molecule has 7 nitrogen and oxygen atoms in total. The molecular formula is C17H29N5O2. The number of aromatic nitrogens is 2. The van der Waals surface area contributed by atoms with Gasteiger partial charge in [0.1, 0.15) is 6.10 Å². The van der Waals surface area contributed by atoms with Crippen molar-refractivity contribution < 1.29 is 9.47 Å². The lowest BCUT2D eigenvalue weighted by Crippen LogP contribution is -2.53. The fraction of sp³-hybridized carbons (Fsp3) is 0.765. The van der Waals surface area contributed by atoms with Gasteiger partial charge in [-0.3, -0.25) is 9.67 Å². The van der Waals surface area contributed by atoms with Gasteiger partial charge in [0.05, 0.1) is 18.9 Å². The molecule has 24 heavy (non-hydrogen) atoms. The summed E-state index contributed by atoms with van der Waals surface area (Å²) in [5.41, 5.74) is 1.20. The molecule has 0 spiro atoms. The van der Waals surface area contributed by atoms with Gasteiger partial charge in [-0.1, -0.05) is 0 Å². The fourth-order valence-corrected chi connectivity index (χ4v) is 3.35. The Morgan fingerprint density at radius 1 is 1.38 bits per heavy atom. The number of aliphatic imine (C=N–C) groups is 1. The lowest BCUT2D eigenvalue weighted by Gasteiger charge is -2.37. The summed E-state index contributed by atoms with van der Waals surface area (Å²) in [5, 5.41) is 7.78. The average Bonchev–Trinajstić information content (AvgIpc) is 3.27. The molecule has 1 aromatic heterocycles. The summed E-state index contributed by atoms with van der Waals surface area (Å²) in [6, 6.07) is 0. The summed E-state index contributed by atoms with van der Waals surface area (Å²) < 4.78 is 13.7. The summed E-state index contributed by atoms with van der Waals surface area (Å²) >= 11 is 0. The van der Waals surface area contributed by atoms with Gasteiger partial charge in [-0.25, -0.2) is 0 Å². The Balaban J connectivity index is 1.43. The lowest BCUT2D eigenvalue weighted by molar-refractivity contribution is -0.0816. The molecule has 3 heterocycles. The van der Waals surface area contributed by atoms with Gasteiger partial charge in [0.25, 0.3) is 0 Å². The highest BCUT2D eigenvalue weighted by atomic mass is 16.5. The van der Waals surface area contributed by atoms with Crippen LogP contribution in [0.1, 0.15) is 24.8 Å². The number of ether oxygens (including phenoxy) is 2. The Bertz CT molecular complexity index is 539. The fourth-order valence-electron chi connectivity index (χ4n) is 3.35. The van der Waals surface area contributed by atoms with Crippen LogP contribution in [0.15, 0.2) is 17.4 Å². The van der Waals surface area contributed by atoms with E-state index in [0.717, 1.165) is 64.6 Å². The second-order valence-corrected chi connectivity index (χ2v) is 6.52. The molecule has 2 fully saturated rings. The van der Waals surface area contributed by atoms with Crippen LogP contribution in [0.2, 0.25) is 0 Å². The zero-order valence-corrected chi connectivity index (χ0v) is 14.8. The first-order valence-electron chi connectivity index (χ1n) is 8.94. The molecule has 0 saturated carbocycles. The molecule has 1 N–H and O–H groups in total. The van der Waals surface area contributed by atoms with Gasteiger partial charge in [0.15, 0.2) is 5.96 Å². The van der Waals surface area contributed by atoms with Crippen LogP contribution in [0.3, 0.4) is 0 Å². The third-order valence-corrected chi connectivity index (χ3v) is 4.59. The molecule has 2 aliphatic heterocycles. The van der Waals surface area contributed by atoms with Gasteiger partial charge in [0.2, 0.25) is 0 Å². The molecule has 2 aliphatic rings. The number of rotatable bonds is 5. The summed E-state index contributed by atoms with van der Waals surface area (Å²) in [4.78, 5) is 6.72. The maximum atomic E-state index is 5.91. The highest BCUT2D eigenvalue weighted by molar-refractivity contribution is 5.80. The molecule has 1 aromatic rings. The quantitative estimate of drug-likeness (QED) is 0.495. The third kappa shape index (κ3) is 4.48. The van der Waals surface area contributed by atoms with Crippen molar-refractivity contribution in [3.05, 3.63) is 18.0 Å². The second kappa shape index (κ2) is 8.48. The molecule has 134 valence electrons. The molecule has 0 aromatic carbocycles. The molecule has 0 amide bonds. The van der Waals surface area contributed by atoms with E-state index in [0.29, 0.717) is 0 Å². The first-order chi connectivity index (χ1) is 11.8. The smallest absolute Gasteiger partial charge is 0.193 e. The van der Waals surface area contributed by atoms with Crippen molar-refractivity contribution in [1.29, 1.82) is 0 Å². The number of nitrogens with one attached hydrogen (secondary N) is 1. The normalized spacial score (nSPS) is 25.2. The summed E-state index contributed by atoms with van der Waals surface area (Å²) in [6.07, 6.45) is 7.63. The molecule has 0 aliphatic carbocycles. The van der Waals surface area contributed by atoms with Crippen LogP contribution in [-0.2, 0) is 16.0 Å². The zero-order valence-electron chi connectivity index (χ0n) is 14.8. The van der Waals surface area contributed by atoms with Crippen molar-refractivity contribution in [2.45, 2.75) is 44.9 Å². The van der Waals surface area contributed by atoms with E-state index in [9.17, 15) is 0 Å². The Labute approximate surface area is 144 Å². The van der Waals surface area contributed by atoms with Gasteiger partial charge in [-0.2, -0.15) is 5.10 Å². The van der Waals surface area contributed by atoms with Gasteiger partial charge in [-0.15, -0.1) is 0 Å². The van der Waals surface area contributed by atoms with Crippen LogP contribution in [0.5, 0.6) is 0 Å². The van der Waals surface area contributed by atoms with Crippen LogP contribution in [0, 0.1) is 6.92 Å². The van der Waals surface area contributed by atoms with Crippen molar-refractivity contribution in [3.8, 4) is 0 Å². The summed E-state index contributed by atoms with van der Waals surface area (Å²) in [6.45, 7) is 7.19. The molecular weight excluding hydrogens is 306 g/mol. The van der Waals surface area contributed by atoms with Crippen molar-refractivity contribution in [1.82, 2.24) is 20.0 Å². The molecule has 2 atom stereocenters. The van der Waals surface area contributed by atoms with Crippen LogP contribution >= 0.6 is 0 Å². The largest absolute Gasteiger partial charge is 0.375 e. The number of nitrogens with zero attached hydrogens (tertiary/aromatic N) is 4. The number of hydrogen-bond donors (Lipinski definition) is 1. The number of guanidine groups is 1. The van der Waals surface area contributed by atoms with Gasteiger partial charge >= 0.3 is 0 Å². The standard InChI is InChI=1S/C17H29N5O2/c1-14-11-20-22(12-14)7-4-6-19-17(18-2)21-8-10-24-16(13-21)15-5-3-9-23-15/h11-12,15-16H,3-10,13H2,1-2H3,(H,18,19). The number of morpholine rings is 1. The minimum absolute atomic E-state index is 0.159. The Hall–Kier alpha value is -1.60. The van der Waals surface area contributed by atoms with E-state index >= 15 is 0 Å². The average molecular weight is 335 g/mol. The van der Waals surface area contributed by atoms with Crippen LogP contribution in [0.25, 0.3) is 0 Å². The molecule has 2 unspecified atom stereocenters. The minimum atomic E-state index is 0.159. The topological polar surface area (TPSA) is 63.9 Å². The monoisotopic (exact) mass is 335 g/mol. The molecule has 2 saturated heterocycles. The highest BCUT2D eigenvalue weighted by Gasteiger charge is 2.32. The minimum Gasteiger partial charge on any atom is -0.375 e. The lowest BCUT2D eigenvalue weighted by atomic mass is 10.1.